The highest BCUT2D eigenvalue weighted by Gasteiger charge is 2.13. The highest BCUT2D eigenvalue weighted by molar-refractivity contribution is 5.17. The molecule has 0 aliphatic heterocycles. The van der Waals surface area contributed by atoms with E-state index in [1.807, 2.05) is 31.2 Å². The minimum Gasteiger partial charge on any atom is -0.322 e. The molecule has 1 atom stereocenters. The number of hydrogen-bond donors (Lipinski definition) is 1. The molecule has 0 aliphatic rings. The van der Waals surface area contributed by atoms with E-state index in [-0.39, 0.29) is 6.04 Å². The lowest BCUT2D eigenvalue weighted by atomic mass is 10.1. The van der Waals surface area contributed by atoms with E-state index < -0.39 is 0 Å². The van der Waals surface area contributed by atoms with Crippen LogP contribution in [0, 0.1) is 0 Å². The Hall–Kier alpha value is -1.62. The van der Waals surface area contributed by atoms with Crippen molar-refractivity contribution in [3.8, 4) is 0 Å². The average Bonchev–Trinajstić information content (AvgIpc) is 2.85. The predicted octanol–water partition coefficient (Wildman–Crippen LogP) is 0.958. The van der Waals surface area contributed by atoms with Crippen LogP contribution in [0.3, 0.4) is 0 Å². The van der Waals surface area contributed by atoms with Gasteiger partial charge in [-0.25, -0.2) is 0 Å². The van der Waals surface area contributed by atoms with Crippen molar-refractivity contribution >= 4 is 0 Å². The molecule has 0 fully saturated rings. The third kappa shape index (κ3) is 2.55. The molecule has 5 heteroatoms. The molecule has 0 bridgehead atoms. The zero-order valence-electron chi connectivity index (χ0n) is 10.6. The fourth-order valence-electron chi connectivity index (χ4n) is 2.00. The molecule has 0 amide bonds. The lowest BCUT2D eigenvalue weighted by molar-refractivity contribution is 0.614. The first-order chi connectivity index (χ1) is 8.10. The number of nitrogens with two attached hydrogens (primary N) is 1. The van der Waals surface area contributed by atoms with Gasteiger partial charge in [0, 0.05) is 20.3 Å². The van der Waals surface area contributed by atoms with Gasteiger partial charge in [-0.3, -0.25) is 9.36 Å². The molecule has 92 valence electrons. The molecule has 2 heterocycles. The summed E-state index contributed by atoms with van der Waals surface area (Å²) in [6.07, 6.45) is 5.58. The lowest BCUT2D eigenvalue weighted by Crippen LogP contribution is -2.16. The summed E-state index contributed by atoms with van der Waals surface area (Å²) in [7, 11) is 3.85. The SMILES string of the molecule is CCc1cc(C(N)Cc2cnn(C)c2)n(C)n1. The first-order valence-electron chi connectivity index (χ1n) is 5.86. The van der Waals surface area contributed by atoms with Crippen molar-refractivity contribution in [2.75, 3.05) is 0 Å². The molecule has 0 aliphatic carbocycles. The molecule has 2 rings (SSSR count). The zero-order valence-corrected chi connectivity index (χ0v) is 10.6. The van der Waals surface area contributed by atoms with E-state index in [2.05, 4.69) is 23.2 Å². The quantitative estimate of drug-likeness (QED) is 0.855. The standard InChI is InChI=1S/C12H19N5/c1-4-10-6-12(17(3)15-10)11(13)5-9-7-14-16(2)8-9/h6-8,11H,4-5,13H2,1-3H3. The molecule has 2 N–H and O–H groups in total. The molecular formula is C12H19N5. The molecule has 1 unspecified atom stereocenters. The van der Waals surface area contributed by atoms with Gasteiger partial charge in [0.1, 0.15) is 0 Å². The largest absolute Gasteiger partial charge is 0.322 e. The van der Waals surface area contributed by atoms with Crippen molar-refractivity contribution in [2.45, 2.75) is 25.8 Å². The summed E-state index contributed by atoms with van der Waals surface area (Å²) in [6.45, 7) is 2.10. The molecule has 2 aromatic heterocycles. The third-order valence-corrected chi connectivity index (χ3v) is 2.92. The van der Waals surface area contributed by atoms with Gasteiger partial charge in [0.25, 0.3) is 0 Å². The maximum absolute atomic E-state index is 6.21. The molecule has 2 aromatic rings. The van der Waals surface area contributed by atoms with E-state index in [1.165, 1.54) is 0 Å². The maximum atomic E-state index is 6.21. The van der Waals surface area contributed by atoms with E-state index in [4.69, 9.17) is 5.73 Å². The van der Waals surface area contributed by atoms with Crippen LogP contribution >= 0.6 is 0 Å². The third-order valence-electron chi connectivity index (χ3n) is 2.92. The molecule has 0 spiro atoms. The van der Waals surface area contributed by atoms with Crippen LogP contribution in [-0.4, -0.2) is 19.6 Å². The molecule has 0 aromatic carbocycles. The van der Waals surface area contributed by atoms with Crippen LogP contribution < -0.4 is 5.73 Å². The van der Waals surface area contributed by atoms with Crippen molar-refractivity contribution in [2.24, 2.45) is 19.8 Å². The molecular weight excluding hydrogens is 214 g/mol. The Bertz CT molecular complexity index is 497. The van der Waals surface area contributed by atoms with Gasteiger partial charge in [-0.05, 0) is 24.5 Å². The first kappa shape index (κ1) is 11.9. The second-order valence-electron chi connectivity index (χ2n) is 4.37. The smallest absolute Gasteiger partial charge is 0.0625 e. The van der Waals surface area contributed by atoms with Crippen molar-refractivity contribution in [1.29, 1.82) is 0 Å². The van der Waals surface area contributed by atoms with E-state index in [9.17, 15) is 0 Å². The van der Waals surface area contributed by atoms with E-state index in [0.717, 1.165) is 29.8 Å². The van der Waals surface area contributed by atoms with Crippen LogP contribution in [0.4, 0.5) is 0 Å². The summed E-state index contributed by atoms with van der Waals surface area (Å²) in [4.78, 5) is 0. The Morgan fingerprint density at radius 3 is 2.71 bits per heavy atom. The maximum Gasteiger partial charge on any atom is 0.0625 e. The molecule has 5 nitrogen and oxygen atoms in total. The van der Waals surface area contributed by atoms with Crippen molar-refractivity contribution in [1.82, 2.24) is 19.6 Å². The van der Waals surface area contributed by atoms with Gasteiger partial charge in [0.05, 0.1) is 23.6 Å². The lowest BCUT2D eigenvalue weighted by Gasteiger charge is -2.10. The molecule has 17 heavy (non-hydrogen) atoms. The summed E-state index contributed by atoms with van der Waals surface area (Å²) >= 11 is 0. The Morgan fingerprint density at radius 2 is 2.18 bits per heavy atom. The van der Waals surface area contributed by atoms with E-state index in [1.54, 1.807) is 4.68 Å². The summed E-state index contributed by atoms with van der Waals surface area (Å²) in [6, 6.07) is 2.05. The van der Waals surface area contributed by atoms with E-state index >= 15 is 0 Å². The van der Waals surface area contributed by atoms with Crippen LogP contribution in [0.1, 0.15) is 29.9 Å². The predicted molar refractivity (Wildman–Crippen MR) is 66.4 cm³/mol. The Balaban J connectivity index is 2.13. The summed E-state index contributed by atoms with van der Waals surface area (Å²) < 4.78 is 3.67. The molecule has 0 saturated carbocycles. The summed E-state index contributed by atoms with van der Waals surface area (Å²) in [5.74, 6) is 0. The van der Waals surface area contributed by atoms with Crippen LogP contribution in [0.25, 0.3) is 0 Å². The second kappa shape index (κ2) is 4.71. The second-order valence-corrected chi connectivity index (χ2v) is 4.37. The number of aryl methyl sites for hydroxylation is 3. The highest BCUT2D eigenvalue weighted by atomic mass is 15.3. The number of nitrogens with zero attached hydrogens (tertiary/aromatic N) is 4. The number of aromatic nitrogens is 4. The Kier molecular flexibility index (Phi) is 3.28. The Morgan fingerprint density at radius 1 is 1.41 bits per heavy atom. The average molecular weight is 233 g/mol. The van der Waals surface area contributed by atoms with Gasteiger partial charge in [-0.15, -0.1) is 0 Å². The normalized spacial score (nSPS) is 12.9. The van der Waals surface area contributed by atoms with Gasteiger partial charge < -0.3 is 5.73 Å². The number of rotatable bonds is 4. The van der Waals surface area contributed by atoms with Gasteiger partial charge in [-0.2, -0.15) is 10.2 Å². The first-order valence-corrected chi connectivity index (χ1v) is 5.86. The minimum atomic E-state index is -0.0306. The van der Waals surface area contributed by atoms with Gasteiger partial charge in [-0.1, -0.05) is 6.92 Å². The van der Waals surface area contributed by atoms with Crippen molar-refractivity contribution in [3.63, 3.8) is 0 Å². The topological polar surface area (TPSA) is 61.7 Å². The van der Waals surface area contributed by atoms with Gasteiger partial charge in [0.15, 0.2) is 0 Å². The number of hydrogen-bond acceptors (Lipinski definition) is 3. The van der Waals surface area contributed by atoms with Crippen LogP contribution in [-0.2, 0) is 26.9 Å². The Labute approximate surface area is 101 Å². The highest BCUT2D eigenvalue weighted by Crippen LogP contribution is 2.16. The summed E-state index contributed by atoms with van der Waals surface area (Å²) in [5, 5.41) is 8.56. The van der Waals surface area contributed by atoms with Gasteiger partial charge in [0.2, 0.25) is 0 Å². The summed E-state index contributed by atoms with van der Waals surface area (Å²) in [5.41, 5.74) is 9.52. The van der Waals surface area contributed by atoms with E-state index in [0.29, 0.717) is 0 Å². The molecule has 0 radical (unpaired) electrons. The minimum absolute atomic E-state index is 0.0306. The fourth-order valence-corrected chi connectivity index (χ4v) is 2.00. The van der Waals surface area contributed by atoms with Crippen LogP contribution in [0.15, 0.2) is 18.5 Å². The van der Waals surface area contributed by atoms with Crippen molar-refractivity contribution in [3.05, 3.63) is 35.4 Å². The van der Waals surface area contributed by atoms with Crippen LogP contribution in [0.5, 0.6) is 0 Å². The van der Waals surface area contributed by atoms with Gasteiger partial charge >= 0.3 is 0 Å². The van der Waals surface area contributed by atoms with Crippen LogP contribution in [0.2, 0.25) is 0 Å². The zero-order chi connectivity index (χ0) is 12.4. The molecule has 0 saturated heterocycles. The monoisotopic (exact) mass is 233 g/mol. The van der Waals surface area contributed by atoms with Crippen molar-refractivity contribution < 1.29 is 0 Å². The fraction of sp³-hybridized carbons (Fsp3) is 0.500.